The monoisotopic (exact) mass is 226 g/mol. The molecule has 0 saturated carbocycles. The highest BCUT2D eigenvalue weighted by atomic mass is 16.5. The van der Waals surface area contributed by atoms with E-state index in [1.807, 2.05) is 6.08 Å². The maximum Gasteiger partial charge on any atom is 0.0589 e. The summed E-state index contributed by atoms with van der Waals surface area (Å²) in [4.78, 5) is 2.43. The van der Waals surface area contributed by atoms with Crippen LogP contribution in [0.25, 0.3) is 0 Å². The van der Waals surface area contributed by atoms with Crippen LogP contribution in [0.3, 0.4) is 0 Å². The van der Waals surface area contributed by atoms with Crippen LogP contribution in [-0.2, 0) is 4.74 Å². The van der Waals surface area contributed by atoms with Gasteiger partial charge in [0.1, 0.15) is 0 Å². The number of ether oxygens (including phenoxy) is 1. The molecule has 1 atom stereocenters. The van der Waals surface area contributed by atoms with E-state index in [4.69, 9.17) is 4.74 Å². The molecule has 3 nitrogen and oxygen atoms in total. The second kappa shape index (κ2) is 7.05. The molecular weight excluding hydrogens is 200 g/mol. The number of nitrogens with one attached hydrogen (secondary N) is 1. The number of nitrogens with zero attached hydrogens (tertiary/aromatic N) is 1. The molecule has 1 heterocycles. The summed E-state index contributed by atoms with van der Waals surface area (Å²) < 4.78 is 5.15. The lowest BCUT2D eigenvalue weighted by Crippen LogP contribution is -2.46. The van der Waals surface area contributed by atoms with Gasteiger partial charge >= 0.3 is 0 Å². The van der Waals surface area contributed by atoms with Gasteiger partial charge in [0.05, 0.1) is 6.61 Å². The Hall–Kier alpha value is -0.380. The highest BCUT2D eigenvalue weighted by Gasteiger charge is 2.28. The van der Waals surface area contributed by atoms with E-state index < -0.39 is 0 Å². The zero-order valence-electron chi connectivity index (χ0n) is 10.8. The molecule has 0 radical (unpaired) electrons. The van der Waals surface area contributed by atoms with Gasteiger partial charge in [0.15, 0.2) is 0 Å². The molecule has 0 amide bonds. The Bertz CT molecular complexity index is 200. The fraction of sp³-hybridized carbons (Fsp3) is 0.846. The molecule has 1 aliphatic rings. The molecule has 0 aromatic rings. The fourth-order valence-corrected chi connectivity index (χ4v) is 2.43. The predicted molar refractivity (Wildman–Crippen MR) is 68.7 cm³/mol. The SMILES string of the molecule is C=CCN(CCOC)CC1(C)CCCNC1. The Morgan fingerprint density at radius 3 is 2.94 bits per heavy atom. The number of methoxy groups -OCH3 is 1. The Kier molecular flexibility index (Phi) is 6.03. The van der Waals surface area contributed by atoms with Crippen LogP contribution in [0.1, 0.15) is 19.8 Å². The second-order valence-corrected chi connectivity index (χ2v) is 5.11. The van der Waals surface area contributed by atoms with Crippen LogP contribution in [0.5, 0.6) is 0 Å². The van der Waals surface area contributed by atoms with Crippen molar-refractivity contribution in [2.75, 3.05) is 46.4 Å². The van der Waals surface area contributed by atoms with E-state index in [2.05, 4.69) is 23.7 Å². The van der Waals surface area contributed by atoms with Crippen LogP contribution in [0.2, 0.25) is 0 Å². The van der Waals surface area contributed by atoms with Crippen molar-refractivity contribution in [2.24, 2.45) is 5.41 Å². The van der Waals surface area contributed by atoms with E-state index in [9.17, 15) is 0 Å². The summed E-state index contributed by atoms with van der Waals surface area (Å²) in [6, 6.07) is 0. The van der Waals surface area contributed by atoms with Gasteiger partial charge in [-0.15, -0.1) is 6.58 Å². The molecule has 0 aromatic heterocycles. The zero-order chi connectivity index (χ0) is 11.9. The lowest BCUT2D eigenvalue weighted by Gasteiger charge is -2.38. The van der Waals surface area contributed by atoms with Crippen LogP contribution < -0.4 is 5.32 Å². The van der Waals surface area contributed by atoms with Gasteiger partial charge in [-0.25, -0.2) is 0 Å². The Balaban J connectivity index is 2.41. The minimum Gasteiger partial charge on any atom is -0.383 e. The third-order valence-corrected chi connectivity index (χ3v) is 3.29. The first-order valence-electron chi connectivity index (χ1n) is 6.23. The summed E-state index contributed by atoms with van der Waals surface area (Å²) in [5.41, 5.74) is 0.412. The van der Waals surface area contributed by atoms with Crippen molar-refractivity contribution in [1.82, 2.24) is 10.2 Å². The van der Waals surface area contributed by atoms with Crippen molar-refractivity contribution < 1.29 is 4.74 Å². The van der Waals surface area contributed by atoms with Gasteiger partial charge in [-0.2, -0.15) is 0 Å². The van der Waals surface area contributed by atoms with E-state index in [0.29, 0.717) is 5.41 Å². The average Bonchev–Trinajstić information content (AvgIpc) is 2.27. The third kappa shape index (κ3) is 4.64. The molecule has 16 heavy (non-hydrogen) atoms. The van der Waals surface area contributed by atoms with E-state index in [1.165, 1.54) is 19.4 Å². The van der Waals surface area contributed by atoms with Gasteiger partial charge in [-0.1, -0.05) is 13.0 Å². The summed E-state index contributed by atoms with van der Waals surface area (Å²) >= 11 is 0. The van der Waals surface area contributed by atoms with Gasteiger partial charge in [0, 0.05) is 33.3 Å². The van der Waals surface area contributed by atoms with Crippen molar-refractivity contribution >= 4 is 0 Å². The topological polar surface area (TPSA) is 24.5 Å². The van der Waals surface area contributed by atoms with Crippen molar-refractivity contribution in [2.45, 2.75) is 19.8 Å². The Morgan fingerprint density at radius 1 is 1.56 bits per heavy atom. The van der Waals surface area contributed by atoms with Gasteiger partial charge in [-0.3, -0.25) is 4.90 Å². The van der Waals surface area contributed by atoms with E-state index in [1.54, 1.807) is 7.11 Å². The molecular formula is C13H26N2O. The first-order valence-corrected chi connectivity index (χ1v) is 6.23. The molecule has 0 bridgehead atoms. The first-order chi connectivity index (χ1) is 7.70. The summed E-state index contributed by atoms with van der Waals surface area (Å²) in [7, 11) is 1.76. The molecule has 1 aliphatic heterocycles. The van der Waals surface area contributed by atoms with E-state index in [-0.39, 0.29) is 0 Å². The van der Waals surface area contributed by atoms with Crippen molar-refractivity contribution in [3.8, 4) is 0 Å². The van der Waals surface area contributed by atoms with Crippen LogP contribution in [0.15, 0.2) is 12.7 Å². The highest BCUT2D eigenvalue weighted by molar-refractivity contribution is 4.86. The van der Waals surface area contributed by atoms with Crippen LogP contribution in [-0.4, -0.2) is 51.3 Å². The summed E-state index contributed by atoms with van der Waals surface area (Å²) in [5, 5.41) is 3.50. The van der Waals surface area contributed by atoms with Gasteiger partial charge in [-0.05, 0) is 24.8 Å². The number of hydrogen-bond acceptors (Lipinski definition) is 3. The van der Waals surface area contributed by atoms with Crippen molar-refractivity contribution in [1.29, 1.82) is 0 Å². The number of piperidine rings is 1. The molecule has 1 unspecified atom stereocenters. The smallest absolute Gasteiger partial charge is 0.0589 e. The molecule has 1 saturated heterocycles. The van der Waals surface area contributed by atoms with Crippen LogP contribution in [0.4, 0.5) is 0 Å². The van der Waals surface area contributed by atoms with E-state index >= 15 is 0 Å². The quantitative estimate of drug-likeness (QED) is 0.666. The minimum absolute atomic E-state index is 0.412. The molecule has 1 N–H and O–H groups in total. The first kappa shape index (κ1) is 13.7. The summed E-state index contributed by atoms with van der Waals surface area (Å²) in [6.07, 6.45) is 4.60. The van der Waals surface area contributed by atoms with Gasteiger partial charge in [0.25, 0.3) is 0 Å². The summed E-state index contributed by atoms with van der Waals surface area (Å²) in [6.45, 7) is 12.4. The zero-order valence-corrected chi connectivity index (χ0v) is 10.8. The lowest BCUT2D eigenvalue weighted by molar-refractivity contribution is 0.106. The second-order valence-electron chi connectivity index (χ2n) is 5.11. The summed E-state index contributed by atoms with van der Waals surface area (Å²) in [5.74, 6) is 0. The number of rotatable bonds is 7. The Morgan fingerprint density at radius 2 is 2.38 bits per heavy atom. The van der Waals surface area contributed by atoms with Gasteiger partial charge in [0.2, 0.25) is 0 Å². The normalized spacial score (nSPS) is 25.9. The lowest BCUT2D eigenvalue weighted by atomic mass is 9.82. The van der Waals surface area contributed by atoms with Crippen LogP contribution in [0, 0.1) is 5.41 Å². The predicted octanol–water partition coefficient (Wildman–Crippen LogP) is 1.51. The van der Waals surface area contributed by atoms with E-state index in [0.717, 1.165) is 32.8 Å². The molecule has 94 valence electrons. The largest absolute Gasteiger partial charge is 0.383 e. The Labute approximate surface area is 99.8 Å². The molecule has 0 aromatic carbocycles. The molecule has 1 fully saturated rings. The molecule has 0 aliphatic carbocycles. The third-order valence-electron chi connectivity index (χ3n) is 3.29. The van der Waals surface area contributed by atoms with Crippen LogP contribution >= 0.6 is 0 Å². The van der Waals surface area contributed by atoms with Gasteiger partial charge < -0.3 is 10.1 Å². The van der Waals surface area contributed by atoms with Crippen molar-refractivity contribution in [3.05, 3.63) is 12.7 Å². The highest BCUT2D eigenvalue weighted by Crippen LogP contribution is 2.26. The number of hydrogen-bond donors (Lipinski definition) is 1. The maximum absolute atomic E-state index is 5.15. The minimum atomic E-state index is 0.412. The standard InChI is InChI=1S/C13H26N2O/c1-4-8-15(9-10-16-3)12-13(2)6-5-7-14-11-13/h4,14H,1,5-12H2,2-3H3. The molecule has 0 spiro atoms. The van der Waals surface area contributed by atoms with Crippen molar-refractivity contribution in [3.63, 3.8) is 0 Å². The fourth-order valence-electron chi connectivity index (χ4n) is 2.43. The average molecular weight is 226 g/mol. The molecule has 3 heteroatoms. The molecule has 1 rings (SSSR count). The maximum atomic E-state index is 5.15.